The molecule has 0 saturated heterocycles. The third-order valence-corrected chi connectivity index (χ3v) is 1.96. The fraction of sp³-hybridized carbons (Fsp3) is 0.273. The molecule has 0 unspecified atom stereocenters. The van der Waals surface area contributed by atoms with Crippen LogP contribution in [0.3, 0.4) is 0 Å². The van der Waals surface area contributed by atoms with Crippen molar-refractivity contribution in [3.63, 3.8) is 0 Å². The molecule has 0 heterocycles. The Hall–Kier alpha value is -2.02. The highest BCUT2D eigenvalue weighted by atomic mass is 16.5. The lowest BCUT2D eigenvalue weighted by atomic mass is 10.1. The van der Waals surface area contributed by atoms with Crippen LogP contribution >= 0.6 is 0 Å². The van der Waals surface area contributed by atoms with Crippen molar-refractivity contribution in [1.82, 2.24) is 0 Å². The van der Waals surface area contributed by atoms with Crippen molar-refractivity contribution in [3.05, 3.63) is 29.3 Å². The van der Waals surface area contributed by atoms with Crippen LogP contribution in [0.4, 0.5) is 5.69 Å². The van der Waals surface area contributed by atoms with Gasteiger partial charge in [-0.05, 0) is 18.6 Å². The number of hydrogen-bond donors (Lipinski definition) is 1. The van der Waals surface area contributed by atoms with Crippen LogP contribution in [0.15, 0.2) is 18.2 Å². The number of benzene rings is 1. The number of nitrogens with zero attached hydrogens (tertiary/aromatic N) is 1. The number of anilines is 1. The quantitative estimate of drug-likeness (QED) is 0.593. The molecule has 0 atom stereocenters. The highest BCUT2D eigenvalue weighted by Gasteiger charge is 2.09. The minimum absolute atomic E-state index is 0.106. The van der Waals surface area contributed by atoms with E-state index in [0.29, 0.717) is 23.4 Å². The van der Waals surface area contributed by atoms with Crippen LogP contribution in [-0.2, 0) is 16.0 Å². The van der Waals surface area contributed by atoms with Gasteiger partial charge in [0.2, 0.25) is 0 Å². The molecular weight excluding hydrogens is 192 g/mol. The molecule has 0 aromatic heterocycles. The van der Waals surface area contributed by atoms with Crippen molar-refractivity contribution in [2.24, 2.45) is 0 Å². The second-order valence-electron chi connectivity index (χ2n) is 2.97. The Bertz CT molecular complexity index is 408. The van der Waals surface area contributed by atoms with E-state index in [1.54, 1.807) is 25.1 Å². The van der Waals surface area contributed by atoms with Gasteiger partial charge in [-0.2, -0.15) is 5.26 Å². The predicted octanol–water partition coefficient (Wildman–Crippen LogP) is 1.25. The Balaban J connectivity index is 2.87. The van der Waals surface area contributed by atoms with Crippen molar-refractivity contribution < 1.29 is 9.53 Å². The van der Waals surface area contributed by atoms with E-state index >= 15 is 0 Å². The zero-order chi connectivity index (χ0) is 11.3. The third-order valence-electron chi connectivity index (χ3n) is 1.96. The van der Waals surface area contributed by atoms with Gasteiger partial charge in [-0.15, -0.1) is 0 Å². The summed E-state index contributed by atoms with van der Waals surface area (Å²) in [6, 6.07) is 6.99. The number of nitrogen functional groups attached to an aromatic ring is 1. The van der Waals surface area contributed by atoms with Gasteiger partial charge in [0.25, 0.3) is 0 Å². The molecule has 0 bridgehead atoms. The van der Waals surface area contributed by atoms with Gasteiger partial charge in [0.15, 0.2) is 0 Å². The molecule has 0 saturated carbocycles. The summed E-state index contributed by atoms with van der Waals surface area (Å²) in [6.45, 7) is 2.09. The smallest absolute Gasteiger partial charge is 0.310 e. The van der Waals surface area contributed by atoms with Gasteiger partial charge < -0.3 is 10.5 Å². The second-order valence-corrected chi connectivity index (χ2v) is 2.97. The topological polar surface area (TPSA) is 76.1 Å². The van der Waals surface area contributed by atoms with Crippen LogP contribution in [0.1, 0.15) is 18.1 Å². The molecule has 1 aromatic rings. The Kier molecular flexibility index (Phi) is 3.69. The molecule has 1 aromatic carbocycles. The van der Waals surface area contributed by atoms with Crippen molar-refractivity contribution in [3.8, 4) is 6.07 Å². The second kappa shape index (κ2) is 5.01. The first-order valence-electron chi connectivity index (χ1n) is 4.62. The zero-order valence-electron chi connectivity index (χ0n) is 8.49. The Morgan fingerprint density at radius 2 is 2.33 bits per heavy atom. The summed E-state index contributed by atoms with van der Waals surface area (Å²) in [7, 11) is 0. The molecule has 4 heteroatoms. The van der Waals surface area contributed by atoms with Gasteiger partial charge in [-0.3, -0.25) is 4.79 Å². The van der Waals surface area contributed by atoms with Gasteiger partial charge in [0, 0.05) is 0 Å². The lowest BCUT2D eigenvalue weighted by Gasteiger charge is -2.06. The van der Waals surface area contributed by atoms with Crippen molar-refractivity contribution in [1.29, 1.82) is 5.26 Å². The van der Waals surface area contributed by atoms with Crippen LogP contribution in [-0.4, -0.2) is 12.6 Å². The molecule has 0 spiro atoms. The third kappa shape index (κ3) is 2.71. The van der Waals surface area contributed by atoms with E-state index in [1.807, 2.05) is 6.07 Å². The lowest BCUT2D eigenvalue weighted by Crippen LogP contribution is -2.09. The van der Waals surface area contributed by atoms with Crippen molar-refractivity contribution in [2.45, 2.75) is 13.3 Å². The molecule has 0 fully saturated rings. The first-order valence-corrected chi connectivity index (χ1v) is 4.62. The summed E-state index contributed by atoms with van der Waals surface area (Å²) in [5.74, 6) is -0.334. The first-order chi connectivity index (χ1) is 7.19. The number of ether oxygens (including phenoxy) is 1. The molecule has 0 aliphatic heterocycles. The number of carbonyl (C=O) groups is 1. The van der Waals surface area contributed by atoms with Crippen LogP contribution in [0, 0.1) is 11.3 Å². The monoisotopic (exact) mass is 204 g/mol. The Morgan fingerprint density at radius 1 is 1.60 bits per heavy atom. The number of rotatable bonds is 3. The lowest BCUT2D eigenvalue weighted by molar-refractivity contribution is -0.142. The van der Waals surface area contributed by atoms with Crippen LogP contribution in [0.5, 0.6) is 0 Å². The number of nitriles is 1. The summed E-state index contributed by atoms with van der Waals surface area (Å²) in [5, 5.41) is 8.73. The highest BCUT2D eigenvalue weighted by Crippen LogP contribution is 2.17. The van der Waals surface area contributed by atoms with Crippen LogP contribution in [0.25, 0.3) is 0 Å². The predicted molar refractivity (Wildman–Crippen MR) is 55.9 cm³/mol. The number of para-hydroxylation sites is 1. The van der Waals surface area contributed by atoms with E-state index in [4.69, 9.17) is 15.7 Å². The minimum atomic E-state index is -0.334. The Labute approximate surface area is 88.3 Å². The van der Waals surface area contributed by atoms with Gasteiger partial charge in [-0.25, -0.2) is 0 Å². The summed E-state index contributed by atoms with van der Waals surface area (Å²) < 4.78 is 4.80. The van der Waals surface area contributed by atoms with Crippen LogP contribution < -0.4 is 5.73 Å². The van der Waals surface area contributed by atoms with Gasteiger partial charge in [-0.1, -0.05) is 12.1 Å². The Morgan fingerprint density at radius 3 is 2.93 bits per heavy atom. The molecule has 2 N–H and O–H groups in total. The van der Waals surface area contributed by atoms with Crippen molar-refractivity contribution >= 4 is 11.7 Å². The van der Waals surface area contributed by atoms with E-state index in [1.165, 1.54) is 0 Å². The summed E-state index contributed by atoms with van der Waals surface area (Å²) in [6.07, 6.45) is 0.106. The summed E-state index contributed by atoms with van der Waals surface area (Å²) >= 11 is 0. The average molecular weight is 204 g/mol. The number of hydrogen-bond acceptors (Lipinski definition) is 4. The molecule has 1 rings (SSSR count). The van der Waals surface area contributed by atoms with Gasteiger partial charge >= 0.3 is 5.97 Å². The number of esters is 1. The fourth-order valence-electron chi connectivity index (χ4n) is 1.23. The summed E-state index contributed by atoms with van der Waals surface area (Å²) in [4.78, 5) is 11.2. The highest BCUT2D eigenvalue weighted by molar-refractivity contribution is 5.76. The van der Waals surface area contributed by atoms with E-state index in [-0.39, 0.29) is 12.4 Å². The minimum Gasteiger partial charge on any atom is -0.466 e. The largest absolute Gasteiger partial charge is 0.466 e. The van der Waals surface area contributed by atoms with E-state index in [0.717, 1.165) is 0 Å². The molecule has 0 amide bonds. The summed E-state index contributed by atoms with van der Waals surface area (Å²) in [5.41, 5.74) is 7.08. The zero-order valence-corrected chi connectivity index (χ0v) is 8.49. The molecule has 78 valence electrons. The average Bonchev–Trinajstić information content (AvgIpc) is 2.21. The van der Waals surface area contributed by atoms with E-state index < -0.39 is 0 Å². The fourth-order valence-corrected chi connectivity index (χ4v) is 1.23. The molecule has 0 aliphatic carbocycles. The maximum atomic E-state index is 11.2. The maximum absolute atomic E-state index is 11.2. The number of carbonyl (C=O) groups excluding carboxylic acids is 1. The number of nitrogens with two attached hydrogens (primary N) is 1. The molecule has 0 radical (unpaired) electrons. The molecular formula is C11H12N2O2. The molecule has 4 nitrogen and oxygen atoms in total. The molecule has 0 aliphatic rings. The van der Waals surface area contributed by atoms with Crippen LogP contribution in [0.2, 0.25) is 0 Å². The molecule has 15 heavy (non-hydrogen) atoms. The van der Waals surface area contributed by atoms with E-state index in [9.17, 15) is 4.79 Å². The van der Waals surface area contributed by atoms with Gasteiger partial charge in [0.1, 0.15) is 6.07 Å². The van der Waals surface area contributed by atoms with E-state index in [2.05, 4.69) is 0 Å². The standard InChI is InChI=1S/C11H12N2O2/c1-2-15-10(14)6-8-4-3-5-9(7-12)11(8)13/h3-5H,2,6,13H2,1H3. The van der Waals surface area contributed by atoms with Crippen molar-refractivity contribution in [2.75, 3.05) is 12.3 Å². The normalized spacial score (nSPS) is 9.33. The maximum Gasteiger partial charge on any atom is 0.310 e. The first kappa shape index (κ1) is 11.1. The van der Waals surface area contributed by atoms with Gasteiger partial charge in [0.05, 0.1) is 24.3 Å². The SMILES string of the molecule is CCOC(=O)Cc1cccc(C#N)c1N.